The number of hydrogen-bond acceptors (Lipinski definition) is 2. The van der Waals surface area contributed by atoms with Crippen LogP contribution in [0.1, 0.15) is 44.7 Å². The zero-order chi connectivity index (χ0) is 14.3. The average molecular weight is 260 g/mol. The lowest BCUT2D eigenvalue weighted by Gasteiger charge is -2.28. The van der Waals surface area contributed by atoms with Crippen LogP contribution >= 0.6 is 0 Å². The van der Waals surface area contributed by atoms with Gasteiger partial charge in [0.15, 0.2) is 0 Å². The van der Waals surface area contributed by atoms with E-state index in [0.29, 0.717) is 5.41 Å². The van der Waals surface area contributed by atoms with Crippen LogP contribution in [0.3, 0.4) is 0 Å². The molecular weight excluding hydrogens is 232 g/mol. The molecule has 0 unspecified atom stereocenters. The van der Waals surface area contributed by atoms with E-state index in [9.17, 15) is 0 Å². The summed E-state index contributed by atoms with van der Waals surface area (Å²) < 4.78 is 0. The quantitative estimate of drug-likeness (QED) is 0.898. The monoisotopic (exact) mass is 260 g/mol. The Morgan fingerprint density at radius 1 is 1.26 bits per heavy atom. The first-order valence-electron chi connectivity index (χ1n) is 7.30. The van der Waals surface area contributed by atoms with Crippen molar-refractivity contribution in [3.63, 3.8) is 0 Å². The molecule has 2 N–H and O–H groups in total. The highest BCUT2D eigenvalue weighted by molar-refractivity contribution is 5.56. The molecule has 19 heavy (non-hydrogen) atoms. The van der Waals surface area contributed by atoms with E-state index in [1.807, 2.05) is 0 Å². The van der Waals surface area contributed by atoms with Crippen LogP contribution in [0.4, 0.5) is 5.69 Å². The van der Waals surface area contributed by atoms with E-state index in [1.54, 1.807) is 0 Å². The van der Waals surface area contributed by atoms with Crippen molar-refractivity contribution in [3.05, 3.63) is 29.3 Å². The van der Waals surface area contributed by atoms with Crippen molar-refractivity contribution in [1.29, 1.82) is 0 Å². The maximum Gasteiger partial charge on any atom is 0.0396 e. The fourth-order valence-electron chi connectivity index (χ4n) is 2.68. The van der Waals surface area contributed by atoms with Gasteiger partial charge in [0, 0.05) is 24.7 Å². The molecule has 106 valence electrons. The zero-order valence-corrected chi connectivity index (χ0v) is 13.1. The van der Waals surface area contributed by atoms with Crippen LogP contribution in [0.2, 0.25) is 0 Å². The summed E-state index contributed by atoms with van der Waals surface area (Å²) in [5.74, 6) is 0. The molecule has 0 aromatic heterocycles. The second kappa shape index (κ2) is 4.82. The summed E-state index contributed by atoms with van der Waals surface area (Å²) in [6.07, 6.45) is 2.57. The van der Waals surface area contributed by atoms with Crippen molar-refractivity contribution in [2.75, 3.05) is 25.0 Å². The van der Waals surface area contributed by atoms with Crippen LogP contribution in [0, 0.1) is 12.3 Å². The van der Waals surface area contributed by atoms with Crippen molar-refractivity contribution in [2.45, 2.75) is 46.0 Å². The second-order valence-corrected chi connectivity index (χ2v) is 7.31. The molecule has 0 radical (unpaired) electrons. The number of nitrogens with two attached hydrogens (primary N) is 1. The largest absolute Gasteiger partial charge is 0.374 e. The van der Waals surface area contributed by atoms with Crippen LogP contribution in [0.5, 0.6) is 0 Å². The number of aryl methyl sites for hydroxylation is 1. The van der Waals surface area contributed by atoms with Gasteiger partial charge in [-0.25, -0.2) is 0 Å². The fourth-order valence-corrected chi connectivity index (χ4v) is 2.68. The molecule has 0 amide bonds. The molecule has 0 atom stereocenters. The van der Waals surface area contributed by atoms with Crippen LogP contribution in [-0.4, -0.2) is 20.1 Å². The van der Waals surface area contributed by atoms with Gasteiger partial charge in [-0.1, -0.05) is 32.9 Å². The Kier molecular flexibility index (Phi) is 3.65. The van der Waals surface area contributed by atoms with E-state index in [1.165, 1.54) is 29.7 Å². The van der Waals surface area contributed by atoms with Gasteiger partial charge in [0.1, 0.15) is 0 Å². The summed E-state index contributed by atoms with van der Waals surface area (Å²) in [6, 6.07) is 6.85. The number of rotatable bonds is 4. The number of anilines is 1. The first-order chi connectivity index (χ1) is 8.77. The Morgan fingerprint density at radius 3 is 2.37 bits per heavy atom. The van der Waals surface area contributed by atoms with Crippen molar-refractivity contribution in [1.82, 2.24) is 0 Å². The summed E-state index contributed by atoms with van der Waals surface area (Å²) in [4.78, 5) is 2.39. The van der Waals surface area contributed by atoms with Crippen LogP contribution in [0.25, 0.3) is 0 Å². The minimum atomic E-state index is 0.203. The molecule has 0 saturated heterocycles. The van der Waals surface area contributed by atoms with Crippen molar-refractivity contribution >= 4 is 5.69 Å². The number of benzene rings is 1. The topological polar surface area (TPSA) is 29.3 Å². The van der Waals surface area contributed by atoms with Crippen LogP contribution in [0.15, 0.2) is 18.2 Å². The molecule has 1 aliphatic rings. The molecule has 2 rings (SSSR count). The molecule has 0 bridgehead atoms. The Balaban J connectivity index is 2.23. The first-order valence-corrected chi connectivity index (χ1v) is 7.30. The van der Waals surface area contributed by atoms with Gasteiger partial charge in [-0.15, -0.1) is 0 Å². The van der Waals surface area contributed by atoms with E-state index < -0.39 is 0 Å². The van der Waals surface area contributed by atoms with Gasteiger partial charge in [-0.2, -0.15) is 0 Å². The predicted octanol–water partition coefficient (Wildman–Crippen LogP) is 3.47. The van der Waals surface area contributed by atoms with Gasteiger partial charge < -0.3 is 10.6 Å². The highest BCUT2D eigenvalue weighted by Crippen LogP contribution is 2.45. The lowest BCUT2D eigenvalue weighted by atomic mass is 9.86. The number of nitrogens with zero attached hydrogens (tertiary/aromatic N) is 1. The van der Waals surface area contributed by atoms with Crippen LogP contribution in [-0.2, 0) is 5.41 Å². The van der Waals surface area contributed by atoms with E-state index in [4.69, 9.17) is 5.73 Å². The minimum Gasteiger partial charge on any atom is -0.374 e. The standard InChI is InChI=1S/C17H28N2/c1-13-6-7-14(16(2,3)4)10-15(13)19(5)12-17(11-18)8-9-17/h6-7,10H,8-9,11-12,18H2,1-5H3. The molecule has 0 heterocycles. The third-order valence-corrected chi connectivity index (χ3v) is 4.45. The first kappa shape index (κ1) is 14.4. The summed E-state index contributed by atoms with van der Waals surface area (Å²) in [5, 5.41) is 0. The molecule has 2 nitrogen and oxygen atoms in total. The van der Waals surface area contributed by atoms with Gasteiger partial charge in [-0.3, -0.25) is 0 Å². The maximum absolute atomic E-state index is 5.91. The van der Waals surface area contributed by atoms with E-state index in [2.05, 4.69) is 57.8 Å². The van der Waals surface area contributed by atoms with Gasteiger partial charge in [0.05, 0.1) is 0 Å². The molecule has 2 heteroatoms. The summed E-state index contributed by atoms with van der Waals surface area (Å²) in [7, 11) is 2.20. The molecule has 1 fully saturated rings. The molecule has 1 saturated carbocycles. The third-order valence-electron chi connectivity index (χ3n) is 4.45. The smallest absolute Gasteiger partial charge is 0.0396 e. The van der Waals surface area contributed by atoms with Gasteiger partial charge >= 0.3 is 0 Å². The predicted molar refractivity (Wildman–Crippen MR) is 83.9 cm³/mol. The highest BCUT2D eigenvalue weighted by atomic mass is 15.1. The molecule has 0 aliphatic heterocycles. The number of hydrogen-bond donors (Lipinski definition) is 1. The van der Waals surface area contributed by atoms with Gasteiger partial charge in [0.2, 0.25) is 0 Å². The third kappa shape index (κ3) is 3.11. The zero-order valence-electron chi connectivity index (χ0n) is 13.1. The summed E-state index contributed by atoms with van der Waals surface area (Å²) in [5.41, 5.74) is 10.6. The molecule has 0 spiro atoms. The van der Waals surface area contributed by atoms with Crippen molar-refractivity contribution in [2.24, 2.45) is 11.1 Å². The van der Waals surface area contributed by atoms with Crippen molar-refractivity contribution in [3.8, 4) is 0 Å². The average Bonchev–Trinajstić information content (AvgIpc) is 3.08. The minimum absolute atomic E-state index is 0.203. The fraction of sp³-hybridized carbons (Fsp3) is 0.647. The SMILES string of the molecule is Cc1ccc(C(C)(C)C)cc1N(C)CC1(CN)CC1. The lowest BCUT2D eigenvalue weighted by Crippen LogP contribution is -2.32. The van der Waals surface area contributed by atoms with E-state index in [-0.39, 0.29) is 5.41 Å². The molecule has 1 aliphatic carbocycles. The Morgan fingerprint density at radius 2 is 1.89 bits per heavy atom. The maximum atomic E-state index is 5.91. The second-order valence-electron chi connectivity index (χ2n) is 7.31. The Labute approximate surface area is 118 Å². The highest BCUT2D eigenvalue weighted by Gasteiger charge is 2.42. The van der Waals surface area contributed by atoms with Crippen LogP contribution < -0.4 is 10.6 Å². The molecule has 1 aromatic carbocycles. The summed E-state index contributed by atoms with van der Waals surface area (Å²) >= 11 is 0. The van der Waals surface area contributed by atoms with E-state index in [0.717, 1.165) is 13.1 Å². The Bertz CT molecular complexity index is 453. The van der Waals surface area contributed by atoms with Gasteiger partial charge in [-0.05, 0) is 48.9 Å². The van der Waals surface area contributed by atoms with Gasteiger partial charge in [0.25, 0.3) is 0 Å². The molecule has 1 aromatic rings. The van der Waals surface area contributed by atoms with E-state index >= 15 is 0 Å². The lowest BCUT2D eigenvalue weighted by molar-refractivity contribution is 0.522. The molecular formula is C17H28N2. The van der Waals surface area contributed by atoms with Crippen molar-refractivity contribution < 1.29 is 0 Å². The normalized spacial score (nSPS) is 17.4. The Hall–Kier alpha value is -1.02. The summed E-state index contributed by atoms with van der Waals surface area (Å²) in [6.45, 7) is 10.9.